The summed E-state index contributed by atoms with van der Waals surface area (Å²) in [6, 6.07) is 1.04. The summed E-state index contributed by atoms with van der Waals surface area (Å²) in [6.45, 7) is 0. The van der Waals surface area contributed by atoms with Gasteiger partial charge in [-0.3, -0.25) is 0 Å². The predicted molar refractivity (Wildman–Crippen MR) is 48.9 cm³/mol. The smallest absolute Gasteiger partial charge is 0.352 e. The summed E-state index contributed by atoms with van der Waals surface area (Å²) in [5, 5.41) is -8.34. The van der Waals surface area contributed by atoms with E-state index in [4.69, 9.17) is 0 Å². The Morgan fingerprint density at radius 2 is 1.33 bits per heavy atom. The molecule has 1 aromatic rings. The predicted octanol–water partition coefficient (Wildman–Crippen LogP) is 3.21. The lowest BCUT2D eigenvalue weighted by Gasteiger charge is -2.32. The minimum absolute atomic E-state index is 0.297. The molecule has 1 heterocycles. The maximum Gasteiger partial charge on any atom is 0.460 e. The van der Waals surface area contributed by atoms with Crippen molar-refractivity contribution in [1.29, 1.82) is 0 Å². The number of alkyl halides is 9. The number of hydrogen-bond acceptors (Lipinski definition) is 2. The van der Waals surface area contributed by atoms with E-state index in [1.807, 2.05) is 0 Å². The van der Waals surface area contributed by atoms with Crippen molar-refractivity contribution in [3.05, 3.63) is 18.3 Å². The third-order valence-corrected chi connectivity index (χ3v) is 4.08. The molecule has 122 valence electrons. The molecule has 1 rings (SSSR count). The Morgan fingerprint density at radius 3 is 1.67 bits per heavy atom. The average molecular weight is 349 g/mol. The lowest BCUT2D eigenvalue weighted by atomic mass is 10.1. The van der Waals surface area contributed by atoms with Gasteiger partial charge in [0.25, 0.3) is 9.84 Å². The SMILES string of the molecule is O=S(=O)(c1ccc[nH]1)C(F)(F)C(F)(F)C(F)(F)C(F)(F)F. The van der Waals surface area contributed by atoms with Crippen LogP contribution in [0.2, 0.25) is 0 Å². The first-order chi connectivity index (χ1) is 9.11. The van der Waals surface area contributed by atoms with Gasteiger partial charge < -0.3 is 4.98 Å². The van der Waals surface area contributed by atoms with Crippen LogP contribution >= 0.6 is 0 Å². The van der Waals surface area contributed by atoms with Crippen molar-refractivity contribution in [2.75, 3.05) is 0 Å². The van der Waals surface area contributed by atoms with E-state index in [1.54, 1.807) is 0 Å². The van der Waals surface area contributed by atoms with E-state index < -0.39 is 38.1 Å². The van der Waals surface area contributed by atoms with Crippen molar-refractivity contribution in [3.63, 3.8) is 0 Å². The van der Waals surface area contributed by atoms with E-state index in [9.17, 15) is 47.9 Å². The lowest BCUT2D eigenvalue weighted by molar-refractivity contribution is -0.382. The summed E-state index contributed by atoms with van der Waals surface area (Å²) in [4.78, 5) is 1.52. The summed E-state index contributed by atoms with van der Waals surface area (Å²) in [5.41, 5.74) is 0. The minimum Gasteiger partial charge on any atom is -0.352 e. The van der Waals surface area contributed by atoms with Crippen molar-refractivity contribution in [2.24, 2.45) is 0 Å². The maximum absolute atomic E-state index is 13.2. The molecule has 3 nitrogen and oxygen atoms in total. The van der Waals surface area contributed by atoms with Crippen molar-refractivity contribution < 1.29 is 47.9 Å². The number of halogens is 9. The van der Waals surface area contributed by atoms with Gasteiger partial charge in [-0.2, -0.15) is 39.5 Å². The van der Waals surface area contributed by atoms with Crippen LogP contribution in [0.4, 0.5) is 39.5 Å². The van der Waals surface area contributed by atoms with Crippen LogP contribution in [0.15, 0.2) is 23.4 Å². The van der Waals surface area contributed by atoms with Gasteiger partial charge >= 0.3 is 23.3 Å². The number of aromatic nitrogens is 1. The summed E-state index contributed by atoms with van der Waals surface area (Å²) >= 11 is 0. The molecule has 0 aliphatic rings. The van der Waals surface area contributed by atoms with Crippen LogP contribution in [-0.2, 0) is 9.84 Å². The summed E-state index contributed by atoms with van der Waals surface area (Å²) in [7, 11) is -6.52. The van der Waals surface area contributed by atoms with Crippen LogP contribution in [0.3, 0.4) is 0 Å². The van der Waals surface area contributed by atoms with Crippen LogP contribution in [-0.4, -0.2) is 36.7 Å². The number of hydrogen-bond donors (Lipinski definition) is 1. The summed E-state index contributed by atoms with van der Waals surface area (Å²) in [6.07, 6.45) is -6.41. The van der Waals surface area contributed by atoms with Crippen molar-refractivity contribution in [2.45, 2.75) is 28.3 Å². The molecule has 0 radical (unpaired) electrons. The van der Waals surface area contributed by atoms with Gasteiger partial charge in [0.15, 0.2) is 0 Å². The number of aromatic amines is 1. The molecule has 0 aliphatic carbocycles. The van der Waals surface area contributed by atoms with E-state index in [-0.39, 0.29) is 0 Å². The molecule has 13 heteroatoms. The quantitative estimate of drug-likeness (QED) is 0.849. The Labute approximate surface area is 110 Å². The van der Waals surface area contributed by atoms with E-state index >= 15 is 0 Å². The molecular formula is C8H4F9NO2S. The van der Waals surface area contributed by atoms with E-state index in [2.05, 4.69) is 0 Å². The highest BCUT2D eigenvalue weighted by Crippen LogP contribution is 2.55. The van der Waals surface area contributed by atoms with Crippen LogP contribution in [0.1, 0.15) is 0 Å². The monoisotopic (exact) mass is 349 g/mol. The third-order valence-electron chi connectivity index (χ3n) is 2.31. The maximum atomic E-state index is 13.2. The molecule has 0 atom stereocenters. The van der Waals surface area contributed by atoms with Crippen LogP contribution < -0.4 is 0 Å². The highest BCUT2D eigenvalue weighted by molar-refractivity contribution is 7.92. The fourth-order valence-corrected chi connectivity index (χ4v) is 2.37. The first-order valence-corrected chi connectivity index (χ1v) is 6.17. The van der Waals surface area contributed by atoms with E-state index in [0.717, 1.165) is 6.07 Å². The second-order valence-corrected chi connectivity index (χ2v) is 5.66. The molecule has 0 saturated carbocycles. The van der Waals surface area contributed by atoms with Gasteiger partial charge in [0, 0.05) is 6.20 Å². The molecule has 0 amide bonds. The fraction of sp³-hybridized carbons (Fsp3) is 0.500. The zero-order chi connectivity index (χ0) is 16.9. The van der Waals surface area contributed by atoms with Gasteiger partial charge in [-0.05, 0) is 12.1 Å². The molecule has 21 heavy (non-hydrogen) atoms. The zero-order valence-electron chi connectivity index (χ0n) is 9.36. The Balaban J connectivity index is 3.49. The number of sulfone groups is 1. The number of rotatable bonds is 4. The molecule has 1 N–H and O–H groups in total. The highest BCUT2D eigenvalue weighted by Gasteiger charge is 2.85. The van der Waals surface area contributed by atoms with Gasteiger partial charge in [-0.15, -0.1) is 0 Å². The minimum atomic E-state index is -7.26. The summed E-state index contributed by atoms with van der Waals surface area (Å²) < 4.78 is 135. The molecule has 0 unspecified atom stereocenters. The molecule has 0 saturated heterocycles. The second kappa shape index (κ2) is 4.55. The van der Waals surface area contributed by atoms with Gasteiger partial charge in [0.1, 0.15) is 5.03 Å². The van der Waals surface area contributed by atoms with Crippen molar-refractivity contribution in [1.82, 2.24) is 4.98 Å². The number of nitrogens with one attached hydrogen (secondary N) is 1. The first kappa shape index (κ1) is 17.7. The van der Waals surface area contributed by atoms with Gasteiger partial charge in [-0.25, -0.2) is 8.42 Å². The lowest BCUT2D eigenvalue weighted by Crippen LogP contribution is -2.63. The molecule has 0 aromatic carbocycles. The van der Waals surface area contributed by atoms with Crippen LogP contribution in [0, 0.1) is 0 Å². The molecule has 1 aromatic heterocycles. The summed E-state index contributed by atoms with van der Waals surface area (Å²) in [5.74, 6) is -14.5. The Hall–Kier alpha value is -1.40. The van der Waals surface area contributed by atoms with Crippen molar-refractivity contribution in [3.8, 4) is 0 Å². The van der Waals surface area contributed by atoms with Crippen LogP contribution in [0.25, 0.3) is 0 Å². The highest BCUT2D eigenvalue weighted by atomic mass is 32.2. The molecule has 0 fully saturated rings. The normalized spacial score (nSPS) is 15.3. The molecule has 0 aliphatic heterocycles. The van der Waals surface area contributed by atoms with Crippen molar-refractivity contribution >= 4 is 9.84 Å². The Morgan fingerprint density at radius 1 is 0.857 bits per heavy atom. The zero-order valence-corrected chi connectivity index (χ0v) is 10.2. The van der Waals surface area contributed by atoms with Crippen LogP contribution in [0.5, 0.6) is 0 Å². The van der Waals surface area contributed by atoms with Gasteiger partial charge in [-0.1, -0.05) is 0 Å². The average Bonchev–Trinajstić information content (AvgIpc) is 2.80. The third kappa shape index (κ3) is 2.26. The van der Waals surface area contributed by atoms with E-state index in [0.29, 0.717) is 12.3 Å². The first-order valence-electron chi connectivity index (χ1n) is 4.69. The fourth-order valence-electron chi connectivity index (χ4n) is 1.15. The molecule has 0 spiro atoms. The van der Waals surface area contributed by atoms with Gasteiger partial charge in [0.05, 0.1) is 0 Å². The standard InChI is InChI=1S/C8H4F9NO2S/c9-5(10,7(13,14)15)6(11,12)8(16,17)21(19,20)4-2-1-3-18-4/h1-3,18H. The second-order valence-electron chi connectivity index (χ2n) is 3.70. The van der Waals surface area contributed by atoms with Gasteiger partial charge in [0.2, 0.25) is 0 Å². The Bertz CT molecular complexity index is 602. The van der Waals surface area contributed by atoms with E-state index in [1.165, 1.54) is 4.98 Å². The molecule has 0 bridgehead atoms. The number of H-pyrrole nitrogens is 1. The largest absolute Gasteiger partial charge is 0.460 e. The topological polar surface area (TPSA) is 49.9 Å². The Kier molecular flexibility index (Phi) is 3.82. The molecular weight excluding hydrogens is 345 g/mol.